The van der Waals surface area contributed by atoms with Crippen molar-refractivity contribution in [2.24, 2.45) is 0 Å². The standard InChI is InChI=1S/C21H19N3O2S/c1-23-20(25)17-11-15-14-8-3-4-9-16(14)22-18(15)19(24(17)21(23)27)12-6-5-7-13(10-12)26-2/h3-10,17,19,22H,11H2,1-2H3/t17-,19+/m1/s1. The van der Waals surface area contributed by atoms with Crippen molar-refractivity contribution in [1.82, 2.24) is 14.8 Å². The number of ether oxygens (including phenoxy) is 1. The molecule has 3 heterocycles. The first-order valence-electron chi connectivity index (χ1n) is 8.93. The lowest BCUT2D eigenvalue weighted by Gasteiger charge is -2.37. The number of hydrogen-bond acceptors (Lipinski definition) is 3. The highest BCUT2D eigenvalue weighted by molar-refractivity contribution is 7.80. The Labute approximate surface area is 162 Å². The first-order chi connectivity index (χ1) is 13.1. The van der Waals surface area contributed by atoms with Crippen LogP contribution in [0.4, 0.5) is 0 Å². The topological polar surface area (TPSA) is 48.6 Å². The average molecular weight is 377 g/mol. The molecule has 136 valence electrons. The van der Waals surface area contributed by atoms with Gasteiger partial charge >= 0.3 is 0 Å². The molecule has 0 spiro atoms. The van der Waals surface area contributed by atoms with Crippen molar-refractivity contribution in [2.75, 3.05) is 14.2 Å². The van der Waals surface area contributed by atoms with Crippen LogP contribution in [-0.2, 0) is 11.2 Å². The Kier molecular flexibility index (Phi) is 3.52. The lowest BCUT2D eigenvalue weighted by Crippen LogP contribution is -2.44. The molecule has 1 saturated heterocycles. The SMILES string of the molecule is COc1cccc([C@H]2c3[nH]c4ccccc4c3C[C@@H]3C(=O)N(C)C(=S)N23)c1. The van der Waals surface area contributed by atoms with Crippen molar-refractivity contribution >= 4 is 34.1 Å². The molecule has 0 saturated carbocycles. The van der Waals surface area contributed by atoms with Crippen LogP contribution >= 0.6 is 12.2 Å². The molecule has 2 aliphatic rings. The van der Waals surface area contributed by atoms with Crippen LogP contribution in [0.5, 0.6) is 5.75 Å². The number of fused-ring (bicyclic) bond motifs is 4. The normalized spacial score (nSPS) is 21.6. The van der Waals surface area contributed by atoms with Crippen molar-refractivity contribution in [1.29, 1.82) is 0 Å². The van der Waals surface area contributed by atoms with E-state index >= 15 is 0 Å². The highest BCUT2D eigenvalue weighted by atomic mass is 32.1. The molecule has 27 heavy (non-hydrogen) atoms. The summed E-state index contributed by atoms with van der Waals surface area (Å²) in [5.74, 6) is 0.848. The van der Waals surface area contributed by atoms with E-state index in [1.54, 1.807) is 19.1 Å². The van der Waals surface area contributed by atoms with E-state index in [4.69, 9.17) is 17.0 Å². The van der Waals surface area contributed by atoms with E-state index in [1.807, 2.05) is 30.3 Å². The molecule has 0 radical (unpaired) electrons. The zero-order valence-electron chi connectivity index (χ0n) is 15.1. The molecular formula is C21H19N3O2S. The number of para-hydroxylation sites is 1. The summed E-state index contributed by atoms with van der Waals surface area (Å²) >= 11 is 5.65. The molecule has 2 atom stereocenters. The van der Waals surface area contributed by atoms with E-state index in [0.717, 1.165) is 22.5 Å². The van der Waals surface area contributed by atoms with Crippen molar-refractivity contribution in [2.45, 2.75) is 18.5 Å². The predicted molar refractivity (Wildman–Crippen MR) is 108 cm³/mol. The van der Waals surface area contributed by atoms with Crippen LogP contribution in [0, 0.1) is 0 Å². The molecule has 6 heteroatoms. The van der Waals surface area contributed by atoms with Gasteiger partial charge in [0.15, 0.2) is 5.11 Å². The predicted octanol–water partition coefficient (Wildman–Crippen LogP) is 3.25. The summed E-state index contributed by atoms with van der Waals surface area (Å²) in [4.78, 5) is 20.1. The van der Waals surface area contributed by atoms with Gasteiger partial charge in [0.1, 0.15) is 11.8 Å². The first-order valence-corrected chi connectivity index (χ1v) is 9.34. The number of aromatic nitrogens is 1. The number of carbonyl (C=O) groups excluding carboxylic acids is 1. The first kappa shape index (κ1) is 16.3. The summed E-state index contributed by atoms with van der Waals surface area (Å²) in [5, 5.41) is 1.75. The maximum atomic E-state index is 12.9. The summed E-state index contributed by atoms with van der Waals surface area (Å²) in [6.45, 7) is 0. The second-order valence-corrected chi connectivity index (χ2v) is 7.41. The molecule has 5 nitrogen and oxygen atoms in total. The van der Waals surface area contributed by atoms with Crippen molar-refractivity contribution in [3.63, 3.8) is 0 Å². The third-order valence-corrected chi connectivity index (χ3v) is 6.15. The fourth-order valence-corrected chi connectivity index (χ4v) is 4.69. The molecule has 1 aromatic heterocycles. The molecule has 2 aromatic carbocycles. The Morgan fingerprint density at radius 2 is 2.00 bits per heavy atom. The molecular weight excluding hydrogens is 358 g/mol. The number of likely N-dealkylation sites (N-methyl/N-ethyl adjacent to an activating group) is 1. The summed E-state index contributed by atoms with van der Waals surface area (Å²) in [7, 11) is 3.42. The van der Waals surface area contributed by atoms with Gasteiger partial charge in [0, 0.05) is 30.1 Å². The lowest BCUT2D eigenvalue weighted by atomic mass is 9.89. The molecule has 1 amide bonds. The Bertz CT molecular complexity index is 1090. The minimum absolute atomic E-state index is 0.0591. The van der Waals surface area contributed by atoms with Crippen LogP contribution in [0.2, 0.25) is 0 Å². The van der Waals surface area contributed by atoms with E-state index in [0.29, 0.717) is 11.5 Å². The maximum Gasteiger partial charge on any atom is 0.251 e. The zero-order valence-corrected chi connectivity index (χ0v) is 15.9. The summed E-state index contributed by atoms with van der Waals surface area (Å²) in [6.07, 6.45) is 0.656. The van der Waals surface area contributed by atoms with Gasteiger partial charge in [0.2, 0.25) is 0 Å². The van der Waals surface area contributed by atoms with E-state index in [1.165, 1.54) is 10.9 Å². The third kappa shape index (κ3) is 2.23. The van der Waals surface area contributed by atoms with Gasteiger partial charge in [-0.2, -0.15) is 0 Å². The van der Waals surface area contributed by atoms with E-state index in [9.17, 15) is 4.79 Å². The van der Waals surface area contributed by atoms with E-state index in [2.05, 4.69) is 28.1 Å². The molecule has 3 aromatic rings. The van der Waals surface area contributed by atoms with Crippen LogP contribution in [-0.4, -0.2) is 46.0 Å². The number of benzene rings is 2. The lowest BCUT2D eigenvalue weighted by molar-refractivity contribution is -0.127. The molecule has 1 N–H and O–H groups in total. The number of amides is 1. The van der Waals surface area contributed by atoms with E-state index in [-0.39, 0.29) is 18.0 Å². The Hall–Kier alpha value is -2.86. The number of aromatic amines is 1. The largest absolute Gasteiger partial charge is 0.497 e. The van der Waals surface area contributed by atoms with Crippen LogP contribution in [0.15, 0.2) is 48.5 Å². The number of nitrogens with one attached hydrogen (secondary N) is 1. The summed E-state index contributed by atoms with van der Waals surface area (Å²) < 4.78 is 5.43. The number of methoxy groups -OCH3 is 1. The van der Waals surface area contributed by atoms with Crippen LogP contribution in [0.3, 0.4) is 0 Å². The minimum Gasteiger partial charge on any atom is -0.497 e. The van der Waals surface area contributed by atoms with E-state index < -0.39 is 0 Å². The third-order valence-electron chi connectivity index (χ3n) is 5.66. The fraction of sp³-hybridized carbons (Fsp3) is 0.238. The highest BCUT2D eigenvalue weighted by Crippen LogP contribution is 2.44. The van der Waals surface area contributed by atoms with Crippen LogP contribution in [0.25, 0.3) is 10.9 Å². The maximum absolute atomic E-state index is 12.9. The van der Waals surface area contributed by atoms with Crippen molar-refractivity contribution in [3.05, 3.63) is 65.4 Å². The van der Waals surface area contributed by atoms with Gasteiger partial charge in [0.05, 0.1) is 13.2 Å². The second-order valence-electron chi connectivity index (χ2n) is 7.05. The van der Waals surface area contributed by atoms with Gasteiger partial charge in [-0.1, -0.05) is 30.3 Å². The Morgan fingerprint density at radius 3 is 2.81 bits per heavy atom. The number of nitrogens with zero attached hydrogens (tertiary/aromatic N) is 2. The van der Waals surface area contributed by atoms with Gasteiger partial charge < -0.3 is 14.6 Å². The van der Waals surface area contributed by atoms with Gasteiger partial charge in [-0.15, -0.1) is 0 Å². The Morgan fingerprint density at radius 1 is 1.19 bits per heavy atom. The van der Waals surface area contributed by atoms with Crippen molar-refractivity contribution < 1.29 is 9.53 Å². The monoisotopic (exact) mass is 377 g/mol. The molecule has 2 aliphatic heterocycles. The smallest absolute Gasteiger partial charge is 0.251 e. The fourth-order valence-electron chi connectivity index (χ4n) is 4.36. The molecule has 0 unspecified atom stereocenters. The summed E-state index contributed by atoms with van der Waals surface area (Å²) in [5.41, 5.74) is 4.44. The molecule has 0 bridgehead atoms. The van der Waals surface area contributed by atoms with Crippen molar-refractivity contribution in [3.8, 4) is 5.75 Å². The van der Waals surface area contributed by atoms with Crippen LogP contribution < -0.4 is 4.74 Å². The number of rotatable bonds is 2. The minimum atomic E-state index is -0.273. The van der Waals surface area contributed by atoms with Gasteiger partial charge in [-0.3, -0.25) is 9.69 Å². The number of thiocarbonyl (C=S) groups is 1. The average Bonchev–Trinajstić information content (AvgIpc) is 3.18. The number of H-pyrrole nitrogens is 1. The molecule has 5 rings (SSSR count). The summed E-state index contributed by atoms with van der Waals surface area (Å²) in [6, 6.07) is 15.8. The molecule has 1 fully saturated rings. The number of carbonyl (C=O) groups is 1. The van der Waals surface area contributed by atoms with Gasteiger partial charge in [-0.05, 0) is 41.5 Å². The van der Waals surface area contributed by atoms with Gasteiger partial charge in [0.25, 0.3) is 5.91 Å². The zero-order chi connectivity index (χ0) is 18.7. The van der Waals surface area contributed by atoms with Gasteiger partial charge in [-0.25, -0.2) is 0 Å². The highest BCUT2D eigenvalue weighted by Gasteiger charge is 2.49. The number of hydrogen-bond donors (Lipinski definition) is 1. The molecule has 0 aliphatic carbocycles. The Balaban J connectivity index is 1.77. The second kappa shape index (κ2) is 5.82. The van der Waals surface area contributed by atoms with Crippen LogP contribution in [0.1, 0.15) is 22.9 Å². The quantitative estimate of drug-likeness (QED) is 0.697.